The van der Waals surface area contributed by atoms with Crippen molar-refractivity contribution in [3.63, 3.8) is 0 Å². The molecule has 0 radical (unpaired) electrons. The average Bonchev–Trinajstić information content (AvgIpc) is 3.02. The van der Waals surface area contributed by atoms with E-state index in [4.69, 9.17) is 21.1 Å². The fourth-order valence-electron chi connectivity index (χ4n) is 6.95. The predicted octanol–water partition coefficient (Wildman–Crippen LogP) is 5.40. The molecule has 2 heterocycles. The zero-order chi connectivity index (χ0) is 31.6. The van der Waals surface area contributed by atoms with Gasteiger partial charge >= 0.3 is 5.97 Å². The summed E-state index contributed by atoms with van der Waals surface area (Å²) < 4.78 is 11.5. The lowest BCUT2D eigenvalue weighted by Crippen LogP contribution is -2.51. The van der Waals surface area contributed by atoms with E-state index in [0.29, 0.717) is 36.9 Å². The van der Waals surface area contributed by atoms with Crippen molar-refractivity contribution in [2.45, 2.75) is 83.1 Å². The molecule has 2 aromatic rings. The van der Waals surface area contributed by atoms with Gasteiger partial charge in [0.05, 0.1) is 25.3 Å². The highest BCUT2D eigenvalue weighted by Crippen LogP contribution is 2.50. The Kier molecular flexibility index (Phi) is 9.64. The standard InChI is InChI=1S/C35H45ClN2O6/c1-23-8-7-10-30(39)28-15-16-34(28,2)22-38-17-6-5-9-24-18-27(36)13-11-25(24)21-44-31-14-12-26(19-29(31)38)35(42,33(41)43-4)20-32(40)37(23)3/h7,10-14,18-19,23,28,30,39,42H,5-6,8-9,15-17,20-22H2,1-4H3/b10-7+/t23-,28+,30+,34?,35+/m1/s1. The molecule has 0 spiro atoms. The van der Waals surface area contributed by atoms with Crippen molar-refractivity contribution in [2.24, 2.45) is 11.3 Å². The number of aryl methyl sites for hydroxylation is 1. The number of hydrogen-bond acceptors (Lipinski definition) is 7. The number of methoxy groups -OCH3 is 1. The number of nitrogens with zero attached hydrogens (tertiary/aromatic N) is 2. The maximum atomic E-state index is 13.5. The molecule has 2 bridgehead atoms. The van der Waals surface area contributed by atoms with Crippen LogP contribution in [0.15, 0.2) is 48.6 Å². The second-order valence-corrected chi connectivity index (χ2v) is 13.5. The van der Waals surface area contributed by atoms with Crippen molar-refractivity contribution in [1.82, 2.24) is 4.90 Å². The SMILES string of the molecule is COC(=O)[C@]1(O)CC(=O)N(C)[C@H](C)C/C=C/[C@H](O)[C@@H]2CCC2(C)CN2CCCCc3cc(Cl)ccc3COc3ccc1cc32. The minimum Gasteiger partial charge on any atom is -0.487 e. The highest BCUT2D eigenvalue weighted by atomic mass is 35.5. The number of carbonyl (C=O) groups excluding carboxylic acids is 2. The van der Waals surface area contributed by atoms with Crippen LogP contribution in [0.2, 0.25) is 5.02 Å². The Morgan fingerprint density at radius 3 is 2.68 bits per heavy atom. The molecule has 238 valence electrons. The zero-order valence-corrected chi connectivity index (χ0v) is 27.0. The third-order valence-electron chi connectivity index (χ3n) is 10.1. The highest BCUT2D eigenvalue weighted by Gasteiger charge is 2.48. The Hall–Kier alpha value is -3.07. The van der Waals surface area contributed by atoms with Crippen LogP contribution in [-0.4, -0.2) is 66.4 Å². The van der Waals surface area contributed by atoms with Gasteiger partial charge in [-0.05, 0) is 97.7 Å². The average molecular weight is 625 g/mol. The molecule has 44 heavy (non-hydrogen) atoms. The van der Waals surface area contributed by atoms with Gasteiger partial charge in [-0.1, -0.05) is 42.8 Å². The van der Waals surface area contributed by atoms with Gasteiger partial charge in [-0.25, -0.2) is 4.79 Å². The number of rotatable bonds is 1. The van der Waals surface area contributed by atoms with Crippen LogP contribution in [-0.2, 0) is 33.0 Å². The van der Waals surface area contributed by atoms with Crippen molar-refractivity contribution in [3.8, 4) is 5.75 Å². The molecule has 5 atom stereocenters. The molecule has 1 aliphatic carbocycles. The lowest BCUT2D eigenvalue weighted by atomic mass is 9.58. The molecule has 0 aromatic heterocycles. The molecule has 1 fully saturated rings. The maximum Gasteiger partial charge on any atom is 0.343 e. The molecule has 1 amide bonds. The van der Waals surface area contributed by atoms with Gasteiger partial charge in [0, 0.05) is 31.2 Å². The largest absolute Gasteiger partial charge is 0.487 e. The molecule has 1 unspecified atom stereocenters. The number of aliphatic hydroxyl groups excluding tert-OH is 1. The number of halogens is 1. The Labute approximate surface area is 265 Å². The second kappa shape index (κ2) is 13.1. The van der Waals surface area contributed by atoms with Gasteiger partial charge in [-0.15, -0.1) is 0 Å². The van der Waals surface area contributed by atoms with E-state index in [1.165, 1.54) is 12.0 Å². The monoisotopic (exact) mass is 624 g/mol. The molecule has 0 saturated heterocycles. The zero-order valence-electron chi connectivity index (χ0n) is 26.2. The van der Waals surface area contributed by atoms with Crippen LogP contribution in [0.3, 0.4) is 0 Å². The molecule has 2 N–H and O–H groups in total. The van der Waals surface area contributed by atoms with Gasteiger partial charge < -0.3 is 29.5 Å². The first-order chi connectivity index (χ1) is 20.9. The van der Waals surface area contributed by atoms with E-state index in [1.54, 1.807) is 25.2 Å². The van der Waals surface area contributed by atoms with Gasteiger partial charge in [0.1, 0.15) is 12.4 Å². The summed E-state index contributed by atoms with van der Waals surface area (Å²) >= 11 is 6.34. The van der Waals surface area contributed by atoms with E-state index < -0.39 is 30.0 Å². The van der Waals surface area contributed by atoms with Crippen LogP contribution in [0.1, 0.15) is 69.1 Å². The number of amides is 1. The highest BCUT2D eigenvalue weighted by molar-refractivity contribution is 6.30. The lowest BCUT2D eigenvalue weighted by molar-refractivity contribution is -0.168. The van der Waals surface area contributed by atoms with Gasteiger partial charge in [0.15, 0.2) is 5.60 Å². The van der Waals surface area contributed by atoms with Crippen LogP contribution in [0, 0.1) is 11.3 Å². The van der Waals surface area contributed by atoms with Crippen molar-refractivity contribution >= 4 is 29.2 Å². The molecule has 8 nitrogen and oxygen atoms in total. The summed E-state index contributed by atoms with van der Waals surface area (Å²) in [5, 5.41) is 23.9. The Morgan fingerprint density at radius 1 is 1.16 bits per heavy atom. The third-order valence-corrected chi connectivity index (χ3v) is 10.4. The van der Waals surface area contributed by atoms with Crippen LogP contribution in [0.4, 0.5) is 5.69 Å². The summed E-state index contributed by atoms with van der Waals surface area (Å²) in [7, 11) is 2.88. The quantitative estimate of drug-likeness (QED) is 0.324. The smallest absolute Gasteiger partial charge is 0.343 e. The predicted molar refractivity (Wildman–Crippen MR) is 171 cm³/mol. The molecular weight excluding hydrogens is 580 g/mol. The lowest BCUT2D eigenvalue weighted by Gasteiger charge is -2.51. The summed E-state index contributed by atoms with van der Waals surface area (Å²) in [6.07, 6.45) is 7.86. The van der Waals surface area contributed by atoms with Crippen molar-refractivity contribution < 1.29 is 29.3 Å². The number of anilines is 1. The first-order valence-electron chi connectivity index (χ1n) is 15.7. The van der Waals surface area contributed by atoms with E-state index >= 15 is 0 Å². The topological polar surface area (TPSA) is 99.5 Å². The number of aliphatic hydroxyl groups is 2. The number of carbonyl (C=O) groups is 2. The van der Waals surface area contributed by atoms with Crippen LogP contribution >= 0.6 is 11.6 Å². The number of benzene rings is 2. The summed E-state index contributed by atoms with van der Waals surface area (Å²) in [6, 6.07) is 10.9. The first-order valence-corrected chi connectivity index (χ1v) is 16.0. The van der Waals surface area contributed by atoms with Gasteiger partial charge in [-0.2, -0.15) is 0 Å². The third kappa shape index (κ3) is 6.49. The number of fused-ring (bicyclic) bond motifs is 3. The van der Waals surface area contributed by atoms with Gasteiger partial charge in [0.2, 0.25) is 5.91 Å². The molecule has 2 aromatic carbocycles. The fraction of sp³-hybridized carbons (Fsp3) is 0.543. The van der Waals surface area contributed by atoms with Gasteiger partial charge in [0.25, 0.3) is 0 Å². The van der Waals surface area contributed by atoms with Crippen molar-refractivity contribution in [1.29, 1.82) is 0 Å². The Morgan fingerprint density at radius 2 is 1.95 bits per heavy atom. The second-order valence-electron chi connectivity index (χ2n) is 13.1. The van der Waals surface area contributed by atoms with Crippen LogP contribution in [0.25, 0.3) is 0 Å². The van der Waals surface area contributed by atoms with Gasteiger partial charge in [-0.3, -0.25) is 4.79 Å². The van der Waals surface area contributed by atoms with E-state index in [9.17, 15) is 19.8 Å². The maximum absolute atomic E-state index is 13.5. The Balaban J connectivity index is 1.63. The molecule has 3 aliphatic rings. The molecular formula is C35H45ClN2O6. The molecule has 9 heteroatoms. The summed E-state index contributed by atoms with van der Waals surface area (Å²) in [4.78, 5) is 30.5. The summed E-state index contributed by atoms with van der Waals surface area (Å²) in [5.74, 6) is -0.595. The normalized spacial score (nSPS) is 30.5. The van der Waals surface area contributed by atoms with E-state index in [0.717, 1.165) is 48.9 Å². The van der Waals surface area contributed by atoms with E-state index in [2.05, 4.69) is 11.8 Å². The molecule has 5 rings (SSSR count). The minimum atomic E-state index is -2.19. The summed E-state index contributed by atoms with van der Waals surface area (Å²) in [6.45, 7) is 5.84. The fourth-order valence-corrected chi connectivity index (χ4v) is 7.14. The molecule has 1 saturated carbocycles. The van der Waals surface area contributed by atoms with Crippen molar-refractivity contribution in [2.75, 3.05) is 32.1 Å². The van der Waals surface area contributed by atoms with E-state index in [1.807, 2.05) is 37.3 Å². The molecule has 2 aliphatic heterocycles. The Bertz CT molecular complexity index is 1410. The minimum absolute atomic E-state index is 0.0745. The first kappa shape index (κ1) is 32.3. The number of esters is 1. The van der Waals surface area contributed by atoms with Crippen molar-refractivity contribution in [3.05, 3.63) is 70.3 Å². The summed E-state index contributed by atoms with van der Waals surface area (Å²) in [5.41, 5.74) is 0.870. The van der Waals surface area contributed by atoms with Crippen LogP contribution < -0.4 is 9.64 Å². The van der Waals surface area contributed by atoms with Crippen LogP contribution in [0.5, 0.6) is 5.75 Å². The number of hydrogen-bond donors (Lipinski definition) is 2. The number of ether oxygens (including phenoxy) is 2. The van der Waals surface area contributed by atoms with E-state index in [-0.39, 0.29) is 22.9 Å².